The summed E-state index contributed by atoms with van der Waals surface area (Å²) in [5, 5.41) is 0. The maximum Gasteiger partial charge on any atom is 0.246 e. The molecule has 1 heterocycles. The van der Waals surface area contributed by atoms with Gasteiger partial charge in [-0.3, -0.25) is 9.10 Å². The van der Waals surface area contributed by atoms with Crippen LogP contribution in [0.3, 0.4) is 0 Å². The summed E-state index contributed by atoms with van der Waals surface area (Å²) in [6, 6.07) is 11.0. The molecule has 2 aromatic carbocycles. The van der Waals surface area contributed by atoms with Gasteiger partial charge in [-0.1, -0.05) is 6.07 Å². The predicted octanol–water partition coefficient (Wildman–Crippen LogP) is 2.95. The highest BCUT2D eigenvalue weighted by Crippen LogP contribution is 2.25. The highest BCUT2D eigenvalue weighted by Gasteiger charge is 2.33. The van der Waals surface area contributed by atoms with Gasteiger partial charge in [0, 0.05) is 31.9 Å². The molecule has 1 atom stereocenters. The number of aryl methyl sites for hydroxylation is 2. The number of carbonyl (C=O) groups is 1. The van der Waals surface area contributed by atoms with Crippen LogP contribution >= 0.6 is 0 Å². The quantitative estimate of drug-likeness (QED) is 0.728. The molecule has 30 heavy (non-hydrogen) atoms. The first-order chi connectivity index (χ1) is 14.1. The van der Waals surface area contributed by atoms with Gasteiger partial charge >= 0.3 is 0 Å². The van der Waals surface area contributed by atoms with Gasteiger partial charge in [0.15, 0.2) is 0 Å². The molecular weight excluding hydrogens is 405 g/mol. The summed E-state index contributed by atoms with van der Waals surface area (Å²) < 4.78 is 39.5. The summed E-state index contributed by atoms with van der Waals surface area (Å²) in [4.78, 5) is 17.0. The lowest BCUT2D eigenvalue weighted by atomic mass is 10.1. The maximum absolute atomic E-state index is 13.2. The van der Waals surface area contributed by atoms with Gasteiger partial charge in [0.1, 0.15) is 11.9 Å². The van der Waals surface area contributed by atoms with Crippen molar-refractivity contribution in [3.8, 4) is 0 Å². The SMILES string of the molecule is Cc1cc(C)cc(N([C@@H](C)C(=O)N2CCN(c3ccc(F)cc3)CC2)S(C)(=O)=O)c1. The van der Waals surface area contributed by atoms with Crippen LogP contribution in [-0.2, 0) is 14.8 Å². The Labute approximate surface area is 177 Å². The van der Waals surface area contributed by atoms with Gasteiger partial charge in [-0.15, -0.1) is 0 Å². The summed E-state index contributed by atoms with van der Waals surface area (Å²) in [6.45, 7) is 7.60. The van der Waals surface area contributed by atoms with Crippen LogP contribution in [0.2, 0.25) is 0 Å². The summed E-state index contributed by atoms with van der Waals surface area (Å²) in [6.07, 6.45) is 1.13. The van der Waals surface area contributed by atoms with E-state index < -0.39 is 16.1 Å². The lowest BCUT2D eigenvalue weighted by Gasteiger charge is -2.39. The third-order valence-electron chi connectivity index (χ3n) is 5.31. The number of benzene rings is 2. The predicted molar refractivity (Wildman–Crippen MR) is 118 cm³/mol. The van der Waals surface area contributed by atoms with Crippen molar-refractivity contribution >= 4 is 27.3 Å². The molecule has 0 saturated carbocycles. The topological polar surface area (TPSA) is 60.9 Å². The Morgan fingerprint density at radius 2 is 1.53 bits per heavy atom. The lowest BCUT2D eigenvalue weighted by Crippen LogP contribution is -2.55. The summed E-state index contributed by atoms with van der Waals surface area (Å²) in [5.41, 5.74) is 3.28. The zero-order valence-electron chi connectivity index (χ0n) is 17.8. The fraction of sp³-hybridized carbons (Fsp3) is 0.409. The van der Waals surface area contributed by atoms with Crippen LogP contribution in [0.1, 0.15) is 18.1 Å². The first-order valence-electron chi connectivity index (χ1n) is 9.93. The minimum Gasteiger partial charge on any atom is -0.368 e. The molecule has 1 amide bonds. The van der Waals surface area contributed by atoms with E-state index in [1.54, 1.807) is 36.1 Å². The molecule has 0 radical (unpaired) electrons. The van der Waals surface area contributed by atoms with Crippen molar-refractivity contribution in [2.45, 2.75) is 26.8 Å². The largest absolute Gasteiger partial charge is 0.368 e. The third kappa shape index (κ3) is 4.92. The zero-order valence-corrected chi connectivity index (χ0v) is 18.6. The Bertz CT molecular complexity index is 996. The molecule has 1 fully saturated rings. The number of anilines is 2. The molecule has 0 unspecified atom stereocenters. The van der Waals surface area contributed by atoms with E-state index in [1.807, 2.05) is 19.9 Å². The summed E-state index contributed by atoms with van der Waals surface area (Å²) >= 11 is 0. The number of hydrogen-bond donors (Lipinski definition) is 0. The third-order valence-corrected chi connectivity index (χ3v) is 6.55. The maximum atomic E-state index is 13.2. The van der Waals surface area contributed by atoms with Crippen LogP contribution in [0.25, 0.3) is 0 Å². The molecule has 0 spiro atoms. The van der Waals surface area contributed by atoms with Crippen molar-refractivity contribution < 1.29 is 17.6 Å². The molecule has 0 N–H and O–H groups in total. The number of halogens is 1. The van der Waals surface area contributed by atoms with E-state index in [2.05, 4.69) is 4.90 Å². The van der Waals surface area contributed by atoms with E-state index in [-0.39, 0.29) is 11.7 Å². The van der Waals surface area contributed by atoms with Crippen molar-refractivity contribution in [3.05, 3.63) is 59.4 Å². The Hall–Kier alpha value is -2.61. The van der Waals surface area contributed by atoms with Crippen molar-refractivity contribution in [2.75, 3.05) is 41.6 Å². The van der Waals surface area contributed by atoms with Gasteiger partial charge in [0.25, 0.3) is 0 Å². The van der Waals surface area contributed by atoms with Crippen LogP contribution in [-0.4, -0.2) is 57.7 Å². The van der Waals surface area contributed by atoms with Crippen LogP contribution in [0, 0.1) is 19.7 Å². The van der Waals surface area contributed by atoms with Crippen molar-refractivity contribution in [3.63, 3.8) is 0 Å². The molecule has 1 saturated heterocycles. The molecule has 0 aliphatic carbocycles. The van der Waals surface area contributed by atoms with E-state index in [1.165, 1.54) is 16.4 Å². The second-order valence-corrected chi connectivity index (χ2v) is 9.73. The Balaban J connectivity index is 1.75. The number of rotatable bonds is 5. The minimum atomic E-state index is -3.65. The number of sulfonamides is 1. The van der Waals surface area contributed by atoms with Crippen LogP contribution in [0.5, 0.6) is 0 Å². The zero-order chi connectivity index (χ0) is 22.1. The highest BCUT2D eigenvalue weighted by atomic mass is 32.2. The van der Waals surface area contributed by atoms with E-state index in [0.29, 0.717) is 31.9 Å². The number of nitrogens with zero attached hydrogens (tertiary/aromatic N) is 3. The fourth-order valence-corrected chi connectivity index (χ4v) is 5.13. The molecule has 0 aromatic heterocycles. The molecule has 3 rings (SSSR count). The van der Waals surface area contributed by atoms with E-state index in [0.717, 1.165) is 23.1 Å². The second kappa shape index (κ2) is 8.63. The summed E-state index contributed by atoms with van der Waals surface area (Å²) in [7, 11) is -3.65. The lowest BCUT2D eigenvalue weighted by molar-refractivity contribution is -0.132. The molecule has 1 aliphatic heterocycles. The number of carbonyl (C=O) groups excluding carboxylic acids is 1. The number of amides is 1. The van der Waals surface area contributed by atoms with E-state index in [4.69, 9.17) is 0 Å². The first-order valence-corrected chi connectivity index (χ1v) is 11.8. The van der Waals surface area contributed by atoms with Gasteiger partial charge in [0.05, 0.1) is 11.9 Å². The van der Waals surface area contributed by atoms with E-state index >= 15 is 0 Å². The Morgan fingerprint density at radius 3 is 2.03 bits per heavy atom. The normalized spacial score (nSPS) is 15.8. The van der Waals surface area contributed by atoms with Crippen LogP contribution in [0.15, 0.2) is 42.5 Å². The molecule has 0 bridgehead atoms. The Morgan fingerprint density at radius 1 is 1.00 bits per heavy atom. The number of piperazine rings is 1. The van der Waals surface area contributed by atoms with Crippen molar-refractivity contribution in [2.24, 2.45) is 0 Å². The Kier molecular flexibility index (Phi) is 6.36. The molecule has 162 valence electrons. The summed E-state index contributed by atoms with van der Waals surface area (Å²) in [5.74, 6) is -0.507. The molecule has 1 aliphatic rings. The first kappa shape index (κ1) is 22.1. The molecular formula is C22H28FN3O3S. The van der Waals surface area contributed by atoms with Crippen molar-refractivity contribution in [1.29, 1.82) is 0 Å². The van der Waals surface area contributed by atoms with Gasteiger partial charge in [0.2, 0.25) is 15.9 Å². The molecule has 2 aromatic rings. The molecule has 8 heteroatoms. The van der Waals surface area contributed by atoms with Gasteiger partial charge in [-0.25, -0.2) is 12.8 Å². The van der Waals surface area contributed by atoms with Gasteiger partial charge in [-0.2, -0.15) is 0 Å². The smallest absolute Gasteiger partial charge is 0.246 e. The monoisotopic (exact) mass is 433 g/mol. The average molecular weight is 434 g/mol. The highest BCUT2D eigenvalue weighted by molar-refractivity contribution is 7.92. The molecule has 6 nitrogen and oxygen atoms in total. The fourth-order valence-electron chi connectivity index (χ4n) is 3.98. The van der Waals surface area contributed by atoms with Crippen LogP contribution in [0.4, 0.5) is 15.8 Å². The van der Waals surface area contributed by atoms with E-state index in [9.17, 15) is 17.6 Å². The van der Waals surface area contributed by atoms with Gasteiger partial charge < -0.3 is 9.80 Å². The standard InChI is InChI=1S/C22H28FN3O3S/c1-16-13-17(2)15-21(14-16)26(30(4,28)29)18(3)22(27)25-11-9-24(10-12-25)20-7-5-19(23)6-8-20/h5-8,13-15,18H,9-12H2,1-4H3/t18-/m0/s1. The second-order valence-electron chi connectivity index (χ2n) is 7.87. The number of hydrogen-bond acceptors (Lipinski definition) is 4. The average Bonchev–Trinajstić information content (AvgIpc) is 2.66. The van der Waals surface area contributed by atoms with Gasteiger partial charge in [-0.05, 0) is 68.3 Å². The van der Waals surface area contributed by atoms with Crippen molar-refractivity contribution in [1.82, 2.24) is 4.90 Å². The van der Waals surface area contributed by atoms with Crippen LogP contribution < -0.4 is 9.21 Å². The minimum absolute atomic E-state index is 0.224.